The van der Waals surface area contributed by atoms with Gasteiger partial charge in [0.2, 0.25) is 12.8 Å². The molecule has 0 aliphatic carbocycles. The molecule has 378 valence electrons. The molecule has 16 heteroatoms. The Hall–Kier alpha value is -4.30. The number of nitrogens with zero attached hydrogens (tertiary/aromatic N) is 6. The Labute approximate surface area is 419 Å². The Bertz CT molecular complexity index is 2130. The molecule has 0 aromatic carbocycles. The van der Waals surface area contributed by atoms with Crippen molar-refractivity contribution in [2.24, 2.45) is 33.7 Å². The molecule has 0 saturated carbocycles. The van der Waals surface area contributed by atoms with Crippen LogP contribution in [0.25, 0.3) is 17.0 Å². The average molecular weight is 1030 g/mol. The maximum absolute atomic E-state index is 12.7. The van der Waals surface area contributed by atoms with E-state index >= 15 is 0 Å². The van der Waals surface area contributed by atoms with E-state index in [1.807, 2.05) is 0 Å². The molecule has 2 saturated heterocycles. The van der Waals surface area contributed by atoms with Crippen LogP contribution in [0.4, 0.5) is 0 Å². The third-order valence-corrected chi connectivity index (χ3v) is 13.5. The van der Waals surface area contributed by atoms with Crippen LogP contribution in [-0.2, 0) is 53.8 Å². The van der Waals surface area contributed by atoms with Crippen LogP contribution in [0.2, 0.25) is 0 Å². The van der Waals surface area contributed by atoms with Gasteiger partial charge in [0, 0.05) is 98.8 Å². The molecule has 7 rings (SSSR count). The Morgan fingerprint density at radius 3 is 1.93 bits per heavy atom. The monoisotopic (exact) mass is 1030 g/mol. The van der Waals surface area contributed by atoms with Crippen LogP contribution in [0, 0.1) is 37.5 Å². The van der Waals surface area contributed by atoms with Gasteiger partial charge in [-0.1, -0.05) is 76.0 Å². The summed E-state index contributed by atoms with van der Waals surface area (Å²) in [6.07, 6.45) is 13.5. The van der Waals surface area contributed by atoms with E-state index in [0.717, 1.165) is 168 Å². The number of morpholine rings is 2. The molecular formula is C52H78N8O7Pd. The number of aliphatic imine (C=N–C) groups is 2. The number of amides is 2. The number of rotatable bonds is 14. The molecular weight excluding hydrogens is 955 g/mol. The van der Waals surface area contributed by atoms with E-state index in [-0.39, 0.29) is 26.2 Å². The van der Waals surface area contributed by atoms with Crippen LogP contribution in [0.1, 0.15) is 98.1 Å². The fourth-order valence-electron chi connectivity index (χ4n) is 9.32. The van der Waals surface area contributed by atoms with Gasteiger partial charge in [0.05, 0.1) is 33.5 Å². The van der Waals surface area contributed by atoms with Crippen molar-refractivity contribution in [3.8, 4) is 0 Å². The van der Waals surface area contributed by atoms with E-state index in [2.05, 4.69) is 98.8 Å². The summed E-state index contributed by atoms with van der Waals surface area (Å²) in [5, 5.41) is 12.5. The van der Waals surface area contributed by atoms with E-state index in [9.17, 15) is 14.4 Å². The number of hydrogen-bond donors (Lipinski definition) is 2. The first-order chi connectivity index (χ1) is 32.4. The first-order valence-electron chi connectivity index (χ1n) is 24.4. The molecule has 1 aromatic heterocycles. The Balaban J connectivity index is 0.000000367. The Morgan fingerprint density at radius 1 is 0.853 bits per heavy atom. The molecule has 2 unspecified atom stereocenters. The quantitative estimate of drug-likeness (QED) is 0.143. The summed E-state index contributed by atoms with van der Waals surface area (Å²) in [5.41, 5.74) is 12.0. The van der Waals surface area contributed by atoms with Crippen molar-refractivity contribution in [3.63, 3.8) is 0 Å². The molecule has 2 fully saturated rings. The number of aromatic nitrogens is 1. The standard InChI is InChI=1S/C36H47N4O.2C7H14N2O2.C2H4O2.Pd/c1-10-13-27-23(8)33-17-31-19(4)16-28(24(9)41)30(38-31)15-14-29-22(7)25(11-2)34(37-29)18-32-20(5)21(6)35(39-32)26(12-3)36(27)40-33;2*10-7-8-1-2-9-3-5-11-6-4-9;1-4-2-3;/h14,17-18,22-23,25,27H,10-13,15-16H2,1-9H3,(H-,37,38,39,40,41);2*7H,1-6H2,(H,8,10);2H,1H3;/q-1;;;;+2/p-1/b29-14-,33-17-;;;;/t22-,23+,25?,27?;;;;/m1..../s1. The van der Waals surface area contributed by atoms with Crippen molar-refractivity contribution in [1.29, 1.82) is 0 Å². The summed E-state index contributed by atoms with van der Waals surface area (Å²) in [6, 6.07) is 0. The summed E-state index contributed by atoms with van der Waals surface area (Å²) in [5.74, 6) is 1.40. The van der Waals surface area contributed by atoms with Crippen molar-refractivity contribution in [3.05, 3.63) is 73.2 Å². The molecule has 2 N–H and O–H groups in total. The molecule has 68 heavy (non-hydrogen) atoms. The van der Waals surface area contributed by atoms with Gasteiger partial charge in [0.1, 0.15) is 0 Å². The van der Waals surface area contributed by atoms with Crippen molar-refractivity contribution in [2.45, 2.75) is 101 Å². The number of fused-ring (bicyclic) bond motifs is 6. The predicted octanol–water partition coefficient (Wildman–Crippen LogP) is 5.21. The zero-order chi connectivity index (χ0) is 48.9. The van der Waals surface area contributed by atoms with Gasteiger partial charge < -0.3 is 35.1 Å². The summed E-state index contributed by atoms with van der Waals surface area (Å²) in [4.78, 5) is 61.8. The van der Waals surface area contributed by atoms with Gasteiger partial charge >= 0.3 is 20.4 Å². The minimum Gasteiger partial charge on any atom is -0.661 e. The number of carbonyl (C=O) groups excluding carboxylic acids is 4. The van der Waals surface area contributed by atoms with E-state index < -0.39 is 0 Å². The molecule has 0 radical (unpaired) electrons. The second-order valence-electron chi connectivity index (χ2n) is 17.8. The Kier molecular flexibility index (Phi) is 25.9. The number of ketones is 1. The van der Waals surface area contributed by atoms with Crippen LogP contribution in [-0.4, -0.2) is 132 Å². The van der Waals surface area contributed by atoms with E-state index in [0.29, 0.717) is 43.0 Å². The smallest absolute Gasteiger partial charge is 0.661 e. The van der Waals surface area contributed by atoms with Gasteiger partial charge in [-0.25, -0.2) is 0 Å². The fraction of sp³-hybridized carbons (Fsp3) is 0.615. The second kappa shape index (κ2) is 30.3. The fourth-order valence-corrected chi connectivity index (χ4v) is 9.32. The minimum atomic E-state index is 0. The molecule has 6 aliphatic rings. The summed E-state index contributed by atoms with van der Waals surface area (Å²) < 4.78 is 14.2. The van der Waals surface area contributed by atoms with Crippen LogP contribution >= 0.6 is 0 Å². The van der Waals surface area contributed by atoms with Gasteiger partial charge in [-0.15, -0.1) is 22.1 Å². The van der Waals surface area contributed by atoms with Crippen LogP contribution < -0.4 is 26.3 Å². The number of hydrogen-bond acceptors (Lipinski definition) is 11. The van der Waals surface area contributed by atoms with Gasteiger partial charge in [-0.05, 0) is 70.9 Å². The van der Waals surface area contributed by atoms with Crippen LogP contribution in [0.5, 0.6) is 0 Å². The molecule has 0 spiro atoms. The maximum atomic E-state index is 12.7. The molecule has 15 nitrogen and oxygen atoms in total. The number of Topliss-reactive ketones (excluding diaryl/α,β-unsaturated/α-hetero) is 1. The molecule has 7 heterocycles. The predicted molar refractivity (Wildman–Crippen MR) is 267 cm³/mol. The maximum Gasteiger partial charge on any atom is 2.00 e. The second-order valence-corrected chi connectivity index (χ2v) is 17.8. The van der Waals surface area contributed by atoms with Crippen molar-refractivity contribution >= 4 is 48.1 Å². The van der Waals surface area contributed by atoms with Crippen molar-refractivity contribution in [1.82, 2.24) is 25.4 Å². The van der Waals surface area contributed by atoms with Crippen LogP contribution in [0.15, 0.2) is 56.1 Å². The van der Waals surface area contributed by atoms with E-state index in [1.165, 1.54) is 29.5 Å². The molecule has 6 aliphatic heterocycles. The number of allylic oxidation sites excluding steroid dienone is 6. The van der Waals surface area contributed by atoms with Crippen molar-refractivity contribution < 1.29 is 53.8 Å². The molecule has 2 amide bonds. The molecule has 4 atom stereocenters. The van der Waals surface area contributed by atoms with Gasteiger partial charge in [0.15, 0.2) is 5.78 Å². The van der Waals surface area contributed by atoms with Crippen LogP contribution in [0.3, 0.4) is 0 Å². The zero-order valence-corrected chi connectivity index (χ0v) is 43.9. The molecule has 8 bridgehead atoms. The van der Waals surface area contributed by atoms with Gasteiger partial charge in [-0.2, -0.15) is 0 Å². The summed E-state index contributed by atoms with van der Waals surface area (Å²) in [7, 11) is 1.31. The SMILES string of the molecule is CCCC1C2=N/C(=C\C3=C(C)CC(C(C)=O)=C(C/C=C4N=C(/C=c5\[n-]/c(c(C)c5C)=C\2CC)C(CC)[C@H]\4C)[N-]3)[C@H]1C.COC=O.O=CNCCN1CCOCC1.O=CNCCN1CCOCC1.[Pd+2]. The number of carbonyl (C=O) groups is 4. The number of nitrogens with one attached hydrogen (secondary N) is 2. The molecule has 1 aromatic rings. The zero-order valence-electron chi connectivity index (χ0n) is 42.4. The first-order valence-corrected chi connectivity index (χ1v) is 24.4. The summed E-state index contributed by atoms with van der Waals surface area (Å²) in [6.45, 7) is 30.5. The van der Waals surface area contributed by atoms with Crippen molar-refractivity contribution in [2.75, 3.05) is 85.9 Å². The average Bonchev–Trinajstić information content (AvgIpc) is 3.91. The summed E-state index contributed by atoms with van der Waals surface area (Å²) >= 11 is 0. The third-order valence-electron chi connectivity index (χ3n) is 13.5. The number of ether oxygens (including phenoxy) is 3. The topological polar surface area (TPSA) is 179 Å². The third kappa shape index (κ3) is 16.1. The number of methoxy groups -OCH3 is 1. The van der Waals surface area contributed by atoms with Gasteiger partial charge in [0.25, 0.3) is 6.47 Å². The first kappa shape index (κ1) is 58.0. The van der Waals surface area contributed by atoms with Gasteiger partial charge in [-0.3, -0.25) is 39.0 Å². The van der Waals surface area contributed by atoms with E-state index in [4.69, 9.17) is 34.6 Å². The van der Waals surface area contributed by atoms with E-state index in [1.54, 1.807) is 6.92 Å². The largest absolute Gasteiger partial charge is 2.00 e. The normalized spacial score (nSPS) is 25.3. The Morgan fingerprint density at radius 2 is 1.43 bits per heavy atom. The minimum absolute atomic E-state index is 0.